The van der Waals surface area contributed by atoms with Gasteiger partial charge < -0.3 is 15.6 Å². The molecule has 0 radical (unpaired) electrons. The lowest BCUT2D eigenvalue weighted by molar-refractivity contribution is -0.111. The van der Waals surface area contributed by atoms with E-state index in [4.69, 9.17) is 0 Å². The molecule has 1 saturated heterocycles. The van der Waals surface area contributed by atoms with Crippen molar-refractivity contribution in [3.8, 4) is 0 Å². The number of rotatable bonds is 1. The molecule has 1 unspecified atom stereocenters. The molecule has 3 N–H and O–H groups in total. The minimum Gasteiger partial charge on any atom is -0.412 e. The molecule has 0 aromatic heterocycles. The van der Waals surface area contributed by atoms with Crippen molar-refractivity contribution in [3.63, 3.8) is 0 Å². The van der Waals surface area contributed by atoms with E-state index in [0.29, 0.717) is 18.7 Å². The maximum absolute atomic E-state index is 10.3. The zero-order chi connectivity index (χ0) is 7.40. The molecule has 0 saturated carbocycles. The molecule has 1 aliphatic heterocycles. The van der Waals surface area contributed by atoms with E-state index in [0.717, 1.165) is 12.7 Å². The van der Waals surface area contributed by atoms with Gasteiger partial charge in [-0.1, -0.05) is 0 Å². The first-order valence-electron chi connectivity index (χ1n) is 3.30. The SMILES string of the molecule is O.O=C=C1CC(C=O)CCN1. The van der Waals surface area contributed by atoms with Gasteiger partial charge in [0.1, 0.15) is 12.2 Å². The van der Waals surface area contributed by atoms with Crippen molar-refractivity contribution < 1.29 is 15.1 Å². The Morgan fingerprint density at radius 3 is 2.91 bits per heavy atom. The van der Waals surface area contributed by atoms with Crippen molar-refractivity contribution in [3.05, 3.63) is 5.70 Å². The monoisotopic (exact) mass is 157 g/mol. The van der Waals surface area contributed by atoms with Crippen molar-refractivity contribution in [2.75, 3.05) is 6.54 Å². The van der Waals surface area contributed by atoms with Crippen LogP contribution in [0.2, 0.25) is 0 Å². The number of piperidine rings is 1. The maximum Gasteiger partial charge on any atom is 0.145 e. The molecule has 0 aromatic rings. The van der Waals surface area contributed by atoms with Crippen molar-refractivity contribution in [2.24, 2.45) is 5.92 Å². The van der Waals surface area contributed by atoms with E-state index in [-0.39, 0.29) is 11.4 Å². The quantitative estimate of drug-likeness (QED) is 0.395. The van der Waals surface area contributed by atoms with Crippen molar-refractivity contribution >= 4 is 12.2 Å². The first kappa shape index (κ1) is 9.88. The van der Waals surface area contributed by atoms with Gasteiger partial charge in [0.2, 0.25) is 0 Å². The minimum atomic E-state index is 0. The van der Waals surface area contributed by atoms with Crippen LogP contribution in [0.3, 0.4) is 0 Å². The standard InChI is InChI=1S/C7H9NO2.H2O/c9-4-6-1-2-8-7(3-6)5-10;/h4,6,8H,1-3H2;1H2. The van der Waals surface area contributed by atoms with E-state index in [1.54, 1.807) is 5.94 Å². The van der Waals surface area contributed by atoms with Crippen molar-refractivity contribution in [2.45, 2.75) is 12.8 Å². The van der Waals surface area contributed by atoms with Crippen LogP contribution in [0, 0.1) is 5.92 Å². The summed E-state index contributed by atoms with van der Waals surface area (Å²) >= 11 is 0. The van der Waals surface area contributed by atoms with Gasteiger partial charge >= 0.3 is 0 Å². The Balaban J connectivity index is 0.000001000. The smallest absolute Gasteiger partial charge is 0.145 e. The fraction of sp³-hybridized carbons (Fsp3) is 0.571. The summed E-state index contributed by atoms with van der Waals surface area (Å²) in [5.41, 5.74) is 0.531. The first-order valence-corrected chi connectivity index (χ1v) is 3.30. The van der Waals surface area contributed by atoms with Gasteiger partial charge in [-0.2, -0.15) is 0 Å². The summed E-state index contributed by atoms with van der Waals surface area (Å²) in [6.07, 6.45) is 2.26. The molecule has 0 aliphatic carbocycles. The van der Waals surface area contributed by atoms with Gasteiger partial charge in [-0.15, -0.1) is 0 Å². The summed E-state index contributed by atoms with van der Waals surface area (Å²) in [5, 5.41) is 2.87. The number of carbonyl (C=O) groups excluding carboxylic acids is 2. The Hall–Kier alpha value is -1.12. The summed E-state index contributed by atoms with van der Waals surface area (Å²) < 4.78 is 0. The summed E-state index contributed by atoms with van der Waals surface area (Å²) in [6, 6.07) is 0. The van der Waals surface area contributed by atoms with Crippen molar-refractivity contribution in [1.29, 1.82) is 0 Å². The van der Waals surface area contributed by atoms with Crippen LogP contribution in [0.15, 0.2) is 5.70 Å². The zero-order valence-electron chi connectivity index (χ0n) is 6.09. The topological polar surface area (TPSA) is 77.7 Å². The number of allylic oxidation sites excluding steroid dienone is 1. The van der Waals surface area contributed by atoms with Crippen LogP contribution in [0.1, 0.15) is 12.8 Å². The van der Waals surface area contributed by atoms with Gasteiger partial charge in [-0.3, -0.25) is 0 Å². The van der Waals surface area contributed by atoms with Gasteiger partial charge in [0.25, 0.3) is 0 Å². The van der Waals surface area contributed by atoms with Crippen LogP contribution in [-0.2, 0) is 9.59 Å². The number of aldehydes is 1. The first-order chi connectivity index (χ1) is 4.86. The van der Waals surface area contributed by atoms with Gasteiger partial charge in [0.15, 0.2) is 0 Å². The highest BCUT2D eigenvalue weighted by Gasteiger charge is 2.15. The van der Waals surface area contributed by atoms with Gasteiger partial charge in [-0.25, -0.2) is 4.79 Å². The highest BCUT2D eigenvalue weighted by atomic mass is 16.1. The summed E-state index contributed by atoms with van der Waals surface area (Å²) in [7, 11) is 0. The average molecular weight is 157 g/mol. The number of nitrogens with one attached hydrogen (secondary N) is 1. The Morgan fingerprint density at radius 1 is 1.64 bits per heavy atom. The van der Waals surface area contributed by atoms with E-state index < -0.39 is 0 Å². The van der Waals surface area contributed by atoms with E-state index in [1.165, 1.54) is 0 Å². The van der Waals surface area contributed by atoms with Crippen LogP contribution < -0.4 is 5.32 Å². The predicted octanol–water partition coefficient (Wildman–Crippen LogP) is -0.924. The molecule has 1 atom stereocenters. The summed E-state index contributed by atoms with van der Waals surface area (Å²) in [5.74, 6) is 1.79. The molecule has 4 nitrogen and oxygen atoms in total. The largest absolute Gasteiger partial charge is 0.412 e. The van der Waals surface area contributed by atoms with Crippen LogP contribution in [0.5, 0.6) is 0 Å². The summed E-state index contributed by atoms with van der Waals surface area (Å²) in [4.78, 5) is 20.3. The summed E-state index contributed by atoms with van der Waals surface area (Å²) in [6.45, 7) is 0.716. The normalized spacial score (nSPS) is 22.5. The molecule has 1 heterocycles. The number of carbonyl (C=O) groups is 1. The molecular weight excluding hydrogens is 146 g/mol. The van der Waals surface area contributed by atoms with Gasteiger partial charge in [-0.05, 0) is 6.42 Å². The zero-order valence-corrected chi connectivity index (χ0v) is 6.09. The molecule has 0 aromatic carbocycles. The lowest BCUT2D eigenvalue weighted by Crippen LogP contribution is -2.26. The second-order valence-electron chi connectivity index (χ2n) is 2.40. The third-order valence-electron chi connectivity index (χ3n) is 1.64. The van der Waals surface area contributed by atoms with E-state index in [9.17, 15) is 9.59 Å². The second-order valence-corrected chi connectivity index (χ2v) is 2.40. The molecule has 62 valence electrons. The molecule has 1 fully saturated rings. The van der Waals surface area contributed by atoms with Crippen LogP contribution >= 0.6 is 0 Å². The molecule has 0 bridgehead atoms. The third-order valence-corrected chi connectivity index (χ3v) is 1.64. The number of hydrogen-bond acceptors (Lipinski definition) is 3. The van der Waals surface area contributed by atoms with Crippen LogP contribution in [0.25, 0.3) is 0 Å². The van der Waals surface area contributed by atoms with Crippen LogP contribution in [-0.4, -0.2) is 24.2 Å². The lowest BCUT2D eigenvalue weighted by Gasteiger charge is -2.18. The van der Waals surface area contributed by atoms with Gasteiger partial charge in [0.05, 0.1) is 5.70 Å². The van der Waals surface area contributed by atoms with Crippen LogP contribution in [0.4, 0.5) is 0 Å². The van der Waals surface area contributed by atoms with E-state index in [1.807, 2.05) is 0 Å². The second kappa shape index (κ2) is 4.66. The molecule has 4 heteroatoms. The fourth-order valence-electron chi connectivity index (χ4n) is 1.04. The predicted molar refractivity (Wildman–Crippen MR) is 39.6 cm³/mol. The highest BCUT2D eigenvalue weighted by molar-refractivity contribution is 5.58. The maximum atomic E-state index is 10.3. The molecule has 1 aliphatic rings. The Bertz CT molecular complexity index is 184. The Morgan fingerprint density at radius 2 is 2.36 bits per heavy atom. The Kier molecular flexibility index (Phi) is 4.18. The number of hydrogen-bond donors (Lipinski definition) is 1. The molecule has 0 spiro atoms. The molecule has 11 heavy (non-hydrogen) atoms. The lowest BCUT2D eigenvalue weighted by atomic mass is 9.98. The fourth-order valence-corrected chi connectivity index (χ4v) is 1.04. The molecule has 0 amide bonds. The average Bonchev–Trinajstić information content (AvgIpc) is 2.05. The molecule has 1 rings (SSSR count). The van der Waals surface area contributed by atoms with E-state index in [2.05, 4.69) is 5.32 Å². The third kappa shape index (κ3) is 2.53. The minimum absolute atomic E-state index is 0. The Labute approximate surface area is 64.6 Å². The molecular formula is C7H11NO3. The van der Waals surface area contributed by atoms with Crippen molar-refractivity contribution in [1.82, 2.24) is 5.32 Å². The van der Waals surface area contributed by atoms with Gasteiger partial charge in [0, 0.05) is 18.9 Å². The highest BCUT2D eigenvalue weighted by Crippen LogP contribution is 2.13. The van der Waals surface area contributed by atoms with E-state index >= 15 is 0 Å².